The molecule has 0 spiro atoms. The van der Waals surface area contributed by atoms with Crippen molar-refractivity contribution >= 4 is 10.0 Å². The summed E-state index contributed by atoms with van der Waals surface area (Å²) in [6.07, 6.45) is 1.59. The number of nitrogens with one attached hydrogen (secondary N) is 2. The Bertz CT molecular complexity index is 715. The van der Waals surface area contributed by atoms with Gasteiger partial charge in [0.05, 0.1) is 6.20 Å². The van der Waals surface area contributed by atoms with E-state index in [4.69, 9.17) is 10.2 Å². The second-order valence-electron chi connectivity index (χ2n) is 4.57. The topological polar surface area (TPSA) is 114 Å². The molecule has 0 fully saturated rings. The molecule has 0 saturated carbocycles. The predicted octanol–water partition coefficient (Wildman–Crippen LogP) is 0.865. The minimum absolute atomic E-state index is 0.115. The van der Waals surface area contributed by atoms with Crippen LogP contribution in [0.2, 0.25) is 0 Å². The van der Waals surface area contributed by atoms with Crippen LogP contribution in [0.15, 0.2) is 15.5 Å². The van der Waals surface area contributed by atoms with E-state index in [0.29, 0.717) is 17.1 Å². The molecule has 0 radical (unpaired) electrons. The SMILES string of the molecule is Cc1[nH]ncc1CNS(=O)(=O)c1c(C)oc(C)c1CN. The molecule has 0 aliphatic heterocycles. The fourth-order valence-electron chi connectivity index (χ4n) is 2.10. The quantitative estimate of drug-likeness (QED) is 0.757. The summed E-state index contributed by atoms with van der Waals surface area (Å²) < 4.78 is 32.7. The lowest BCUT2D eigenvalue weighted by Gasteiger charge is -2.07. The van der Waals surface area contributed by atoms with Gasteiger partial charge in [-0.25, -0.2) is 13.1 Å². The van der Waals surface area contributed by atoms with Gasteiger partial charge in [0.2, 0.25) is 10.0 Å². The van der Waals surface area contributed by atoms with Crippen molar-refractivity contribution < 1.29 is 12.8 Å². The molecule has 20 heavy (non-hydrogen) atoms. The van der Waals surface area contributed by atoms with E-state index in [9.17, 15) is 8.42 Å². The molecular formula is C12H18N4O3S. The monoisotopic (exact) mass is 298 g/mol. The summed E-state index contributed by atoms with van der Waals surface area (Å²) >= 11 is 0. The molecule has 110 valence electrons. The summed E-state index contributed by atoms with van der Waals surface area (Å²) in [5.41, 5.74) is 7.74. The van der Waals surface area contributed by atoms with Gasteiger partial charge in [-0.05, 0) is 20.8 Å². The van der Waals surface area contributed by atoms with Gasteiger partial charge in [0.1, 0.15) is 16.4 Å². The van der Waals surface area contributed by atoms with Gasteiger partial charge in [-0.3, -0.25) is 5.10 Å². The fourth-order valence-corrected chi connectivity index (χ4v) is 3.56. The van der Waals surface area contributed by atoms with Gasteiger partial charge in [0.15, 0.2) is 0 Å². The van der Waals surface area contributed by atoms with Crippen LogP contribution < -0.4 is 10.5 Å². The molecule has 0 bridgehead atoms. The van der Waals surface area contributed by atoms with E-state index in [0.717, 1.165) is 11.3 Å². The molecule has 0 atom stereocenters. The maximum absolute atomic E-state index is 12.4. The van der Waals surface area contributed by atoms with Crippen LogP contribution in [-0.4, -0.2) is 18.6 Å². The molecule has 0 aliphatic carbocycles. The molecular weight excluding hydrogens is 280 g/mol. The molecule has 2 aromatic heterocycles. The maximum atomic E-state index is 12.4. The number of hydrogen-bond donors (Lipinski definition) is 3. The summed E-state index contributed by atoms with van der Waals surface area (Å²) in [7, 11) is -3.67. The van der Waals surface area contributed by atoms with E-state index < -0.39 is 10.0 Å². The van der Waals surface area contributed by atoms with Crippen LogP contribution >= 0.6 is 0 Å². The van der Waals surface area contributed by atoms with Crippen LogP contribution in [-0.2, 0) is 23.1 Å². The number of H-pyrrole nitrogens is 1. The minimum atomic E-state index is -3.67. The molecule has 7 nitrogen and oxygen atoms in total. The van der Waals surface area contributed by atoms with E-state index >= 15 is 0 Å². The average Bonchev–Trinajstić information content (AvgIpc) is 2.90. The minimum Gasteiger partial charge on any atom is -0.465 e. The van der Waals surface area contributed by atoms with Crippen molar-refractivity contribution in [1.82, 2.24) is 14.9 Å². The zero-order chi connectivity index (χ0) is 14.9. The Morgan fingerprint density at radius 3 is 2.60 bits per heavy atom. The molecule has 2 rings (SSSR count). The largest absolute Gasteiger partial charge is 0.465 e. The highest BCUT2D eigenvalue weighted by atomic mass is 32.2. The van der Waals surface area contributed by atoms with E-state index in [-0.39, 0.29) is 18.0 Å². The number of nitrogens with zero attached hydrogens (tertiary/aromatic N) is 1. The lowest BCUT2D eigenvalue weighted by molar-refractivity contribution is 0.494. The van der Waals surface area contributed by atoms with E-state index in [1.54, 1.807) is 20.0 Å². The first-order valence-corrected chi connectivity index (χ1v) is 7.62. The smallest absolute Gasteiger partial charge is 0.244 e. The van der Waals surface area contributed by atoms with Crippen molar-refractivity contribution in [3.8, 4) is 0 Å². The second-order valence-corrected chi connectivity index (χ2v) is 6.27. The van der Waals surface area contributed by atoms with Gasteiger partial charge in [0, 0.05) is 29.9 Å². The maximum Gasteiger partial charge on any atom is 0.244 e. The summed E-state index contributed by atoms with van der Waals surface area (Å²) in [6, 6.07) is 0. The Kier molecular flexibility index (Phi) is 3.98. The third-order valence-corrected chi connectivity index (χ3v) is 4.78. The molecule has 4 N–H and O–H groups in total. The van der Waals surface area contributed by atoms with E-state index in [1.165, 1.54) is 0 Å². The number of furan rings is 1. The molecule has 2 aromatic rings. The van der Waals surface area contributed by atoms with Crippen molar-refractivity contribution in [2.75, 3.05) is 0 Å². The summed E-state index contributed by atoms with van der Waals surface area (Å²) in [5, 5.41) is 6.61. The van der Waals surface area contributed by atoms with Crippen molar-refractivity contribution in [2.45, 2.75) is 38.8 Å². The summed E-state index contributed by atoms with van der Waals surface area (Å²) in [6.45, 7) is 5.43. The van der Waals surface area contributed by atoms with Gasteiger partial charge in [-0.2, -0.15) is 5.10 Å². The summed E-state index contributed by atoms with van der Waals surface area (Å²) in [4.78, 5) is 0.138. The molecule has 0 aliphatic rings. The number of sulfonamides is 1. The standard InChI is InChI=1S/C12H18N4O3S/c1-7-10(5-14-16-7)6-15-20(17,18)12-9(3)19-8(2)11(12)4-13/h5,15H,4,6,13H2,1-3H3,(H,14,16). The van der Waals surface area contributed by atoms with Gasteiger partial charge in [-0.1, -0.05) is 0 Å². The fraction of sp³-hybridized carbons (Fsp3) is 0.417. The van der Waals surface area contributed by atoms with Crippen LogP contribution in [0.1, 0.15) is 28.3 Å². The Balaban J connectivity index is 2.29. The average molecular weight is 298 g/mol. The van der Waals surface area contributed by atoms with Crippen molar-refractivity contribution in [3.63, 3.8) is 0 Å². The zero-order valence-corrected chi connectivity index (χ0v) is 12.5. The summed E-state index contributed by atoms with van der Waals surface area (Å²) in [5.74, 6) is 0.879. The highest BCUT2D eigenvalue weighted by molar-refractivity contribution is 7.89. The molecule has 0 aromatic carbocycles. The number of hydrogen-bond acceptors (Lipinski definition) is 5. The third kappa shape index (κ3) is 2.62. The van der Waals surface area contributed by atoms with E-state index in [1.807, 2.05) is 6.92 Å². The van der Waals surface area contributed by atoms with Crippen molar-refractivity contribution in [2.24, 2.45) is 5.73 Å². The Morgan fingerprint density at radius 2 is 2.05 bits per heavy atom. The Labute approximate surface area is 117 Å². The van der Waals surface area contributed by atoms with Crippen molar-refractivity contribution in [1.29, 1.82) is 0 Å². The predicted molar refractivity (Wildman–Crippen MR) is 73.4 cm³/mol. The first-order valence-electron chi connectivity index (χ1n) is 6.14. The first kappa shape index (κ1) is 14.8. The zero-order valence-electron chi connectivity index (χ0n) is 11.6. The second kappa shape index (κ2) is 5.39. The number of aromatic nitrogens is 2. The molecule has 2 heterocycles. The van der Waals surface area contributed by atoms with Gasteiger partial charge < -0.3 is 10.2 Å². The van der Waals surface area contributed by atoms with Crippen LogP contribution in [0, 0.1) is 20.8 Å². The Hall–Kier alpha value is -1.64. The van der Waals surface area contributed by atoms with Crippen molar-refractivity contribution in [3.05, 3.63) is 34.5 Å². The third-order valence-electron chi connectivity index (χ3n) is 3.18. The number of aryl methyl sites for hydroxylation is 3. The highest BCUT2D eigenvalue weighted by Gasteiger charge is 2.26. The molecule has 8 heteroatoms. The van der Waals surface area contributed by atoms with Gasteiger partial charge >= 0.3 is 0 Å². The van der Waals surface area contributed by atoms with Crippen LogP contribution in [0.4, 0.5) is 0 Å². The first-order chi connectivity index (χ1) is 9.36. The normalized spacial score (nSPS) is 12.0. The number of nitrogens with two attached hydrogens (primary N) is 1. The lowest BCUT2D eigenvalue weighted by atomic mass is 10.2. The van der Waals surface area contributed by atoms with Gasteiger partial charge in [-0.15, -0.1) is 0 Å². The van der Waals surface area contributed by atoms with Gasteiger partial charge in [0.25, 0.3) is 0 Å². The Morgan fingerprint density at radius 1 is 1.35 bits per heavy atom. The molecule has 0 amide bonds. The lowest BCUT2D eigenvalue weighted by Crippen LogP contribution is -2.25. The molecule has 0 saturated heterocycles. The van der Waals surface area contributed by atoms with Crippen LogP contribution in [0.25, 0.3) is 0 Å². The number of rotatable bonds is 5. The van der Waals surface area contributed by atoms with Crippen LogP contribution in [0.5, 0.6) is 0 Å². The van der Waals surface area contributed by atoms with E-state index in [2.05, 4.69) is 14.9 Å². The highest BCUT2D eigenvalue weighted by Crippen LogP contribution is 2.26. The molecule has 0 unspecified atom stereocenters. The number of aromatic amines is 1. The van der Waals surface area contributed by atoms with Crippen LogP contribution in [0.3, 0.4) is 0 Å².